The number of likely N-dealkylation sites (tertiary alicyclic amines) is 2. The number of benzene rings is 2. The number of anilines is 1. The first kappa shape index (κ1) is 21.4. The predicted octanol–water partition coefficient (Wildman–Crippen LogP) is 3.79. The van der Waals surface area contributed by atoms with Crippen LogP contribution in [0.4, 0.5) is 5.69 Å². The second-order valence-corrected chi connectivity index (χ2v) is 8.51. The van der Waals surface area contributed by atoms with E-state index in [1.54, 1.807) is 17.0 Å². The number of hydrogen-bond acceptors (Lipinski definition) is 4. The average molecular weight is 422 g/mol. The molecule has 2 heterocycles. The Kier molecular flexibility index (Phi) is 6.87. The van der Waals surface area contributed by atoms with E-state index in [0.29, 0.717) is 18.5 Å². The van der Waals surface area contributed by atoms with Gasteiger partial charge in [-0.1, -0.05) is 18.2 Å². The fourth-order valence-corrected chi connectivity index (χ4v) is 4.33. The minimum absolute atomic E-state index is 0.0812. The van der Waals surface area contributed by atoms with Crippen molar-refractivity contribution in [1.82, 2.24) is 9.80 Å². The van der Waals surface area contributed by atoms with Gasteiger partial charge in [0.25, 0.3) is 5.91 Å². The molecule has 2 aromatic rings. The summed E-state index contributed by atoms with van der Waals surface area (Å²) in [4.78, 5) is 30.0. The number of nitrogens with one attached hydrogen (secondary N) is 1. The molecule has 2 amide bonds. The second-order valence-electron chi connectivity index (χ2n) is 8.51. The highest BCUT2D eigenvalue weighted by molar-refractivity contribution is 6.01. The van der Waals surface area contributed by atoms with E-state index in [2.05, 4.69) is 17.3 Å². The molecule has 2 saturated heterocycles. The molecule has 4 rings (SSSR count). The molecule has 6 heteroatoms. The third-order valence-corrected chi connectivity index (χ3v) is 6.18. The Bertz CT molecular complexity index is 877. The molecule has 1 atom stereocenters. The van der Waals surface area contributed by atoms with Crippen LogP contribution in [0.1, 0.15) is 42.5 Å². The van der Waals surface area contributed by atoms with Crippen molar-refractivity contribution in [3.63, 3.8) is 0 Å². The van der Waals surface area contributed by atoms with Gasteiger partial charge in [-0.3, -0.25) is 9.59 Å². The van der Waals surface area contributed by atoms with Gasteiger partial charge in [0.15, 0.2) is 0 Å². The fourth-order valence-electron chi connectivity index (χ4n) is 4.33. The zero-order valence-electron chi connectivity index (χ0n) is 18.1. The summed E-state index contributed by atoms with van der Waals surface area (Å²) in [5.41, 5.74) is 1.34. The third-order valence-electron chi connectivity index (χ3n) is 6.18. The summed E-state index contributed by atoms with van der Waals surface area (Å²) in [5, 5.41) is 2.99. The van der Waals surface area contributed by atoms with Crippen LogP contribution in [0.5, 0.6) is 5.75 Å². The number of nitrogens with zero attached hydrogens (tertiary/aromatic N) is 2. The van der Waals surface area contributed by atoms with Crippen molar-refractivity contribution in [1.29, 1.82) is 0 Å². The van der Waals surface area contributed by atoms with Gasteiger partial charge in [-0.2, -0.15) is 0 Å². The lowest BCUT2D eigenvalue weighted by atomic mass is 10.00. The van der Waals surface area contributed by atoms with E-state index in [1.165, 1.54) is 0 Å². The molecule has 1 unspecified atom stereocenters. The Morgan fingerprint density at radius 2 is 1.61 bits per heavy atom. The van der Waals surface area contributed by atoms with Gasteiger partial charge in [-0.05, 0) is 75.5 Å². The molecule has 0 aliphatic carbocycles. The van der Waals surface area contributed by atoms with E-state index in [9.17, 15) is 9.59 Å². The van der Waals surface area contributed by atoms with Crippen molar-refractivity contribution in [2.75, 3.05) is 32.0 Å². The number of rotatable bonds is 5. The van der Waals surface area contributed by atoms with Crippen LogP contribution in [0.3, 0.4) is 0 Å². The Morgan fingerprint density at radius 1 is 0.903 bits per heavy atom. The third kappa shape index (κ3) is 5.44. The summed E-state index contributed by atoms with van der Waals surface area (Å²) in [5.74, 6) is 0.612. The molecule has 1 N–H and O–H groups in total. The van der Waals surface area contributed by atoms with Gasteiger partial charge in [-0.15, -0.1) is 0 Å². The molecule has 2 aliphatic heterocycles. The average Bonchev–Trinajstić information content (AvgIpc) is 2.82. The van der Waals surface area contributed by atoms with E-state index in [-0.39, 0.29) is 17.9 Å². The minimum Gasteiger partial charge on any atom is -0.490 e. The molecular formula is C25H31N3O3. The number of amides is 2. The molecule has 0 aromatic heterocycles. The van der Waals surface area contributed by atoms with Crippen molar-refractivity contribution < 1.29 is 14.3 Å². The van der Waals surface area contributed by atoms with Gasteiger partial charge in [0.1, 0.15) is 17.9 Å². The molecule has 6 nitrogen and oxygen atoms in total. The minimum atomic E-state index is -0.448. The Balaban J connectivity index is 1.36. The highest BCUT2D eigenvalue weighted by atomic mass is 16.5. The lowest BCUT2D eigenvalue weighted by Crippen LogP contribution is -2.50. The smallest absolute Gasteiger partial charge is 0.254 e. The highest BCUT2D eigenvalue weighted by Crippen LogP contribution is 2.24. The number of hydrogen-bond donors (Lipinski definition) is 1. The molecule has 0 spiro atoms. The van der Waals surface area contributed by atoms with Crippen LogP contribution in [0.2, 0.25) is 0 Å². The zero-order valence-corrected chi connectivity index (χ0v) is 18.1. The summed E-state index contributed by atoms with van der Waals surface area (Å²) in [6.45, 7) is 2.71. The van der Waals surface area contributed by atoms with Crippen molar-refractivity contribution >= 4 is 17.5 Å². The van der Waals surface area contributed by atoms with Crippen molar-refractivity contribution in [2.24, 2.45) is 0 Å². The molecule has 2 aliphatic rings. The second kappa shape index (κ2) is 9.96. The number of carbonyl (C=O) groups excluding carboxylic acids is 2. The van der Waals surface area contributed by atoms with Crippen LogP contribution in [0.15, 0.2) is 54.6 Å². The monoisotopic (exact) mass is 421 g/mol. The van der Waals surface area contributed by atoms with Gasteiger partial charge in [0.05, 0.1) is 0 Å². The first-order chi connectivity index (χ1) is 15.1. The van der Waals surface area contributed by atoms with Crippen LogP contribution < -0.4 is 10.1 Å². The molecule has 31 heavy (non-hydrogen) atoms. The fraction of sp³-hybridized carbons (Fsp3) is 0.440. The van der Waals surface area contributed by atoms with Crippen molar-refractivity contribution in [2.45, 2.75) is 44.2 Å². The van der Waals surface area contributed by atoms with Gasteiger partial charge >= 0.3 is 0 Å². The lowest BCUT2D eigenvalue weighted by molar-refractivity contribution is -0.121. The number of carbonyl (C=O) groups is 2. The molecule has 2 aromatic carbocycles. The van der Waals surface area contributed by atoms with E-state index >= 15 is 0 Å². The van der Waals surface area contributed by atoms with E-state index in [0.717, 1.165) is 50.2 Å². The van der Waals surface area contributed by atoms with Crippen LogP contribution >= 0.6 is 0 Å². The first-order valence-corrected chi connectivity index (χ1v) is 11.2. The highest BCUT2D eigenvalue weighted by Gasteiger charge is 2.32. The quantitative estimate of drug-likeness (QED) is 0.798. The number of piperidine rings is 2. The maximum absolute atomic E-state index is 13.0. The van der Waals surface area contributed by atoms with Gasteiger partial charge < -0.3 is 19.9 Å². The maximum atomic E-state index is 13.0. The summed E-state index contributed by atoms with van der Waals surface area (Å²) < 4.78 is 6.09. The summed E-state index contributed by atoms with van der Waals surface area (Å²) in [6, 6.07) is 16.3. The Labute approximate surface area is 184 Å². The molecule has 2 fully saturated rings. The molecule has 0 radical (unpaired) electrons. The lowest BCUT2D eigenvalue weighted by Gasteiger charge is -2.34. The van der Waals surface area contributed by atoms with Gasteiger partial charge in [0.2, 0.25) is 5.91 Å². The summed E-state index contributed by atoms with van der Waals surface area (Å²) >= 11 is 0. The molecular weight excluding hydrogens is 390 g/mol. The Morgan fingerprint density at radius 3 is 2.32 bits per heavy atom. The normalized spacial score (nSPS) is 20.3. The van der Waals surface area contributed by atoms with Crippen molar-refractivity contribution in [3.05, 3.63) is 60.2 Å². The Hall–Kier alpha value is -2.86. The van der Waals surface area contributed by atoms with E-state index in [1.807, 2.05) is 42.5 Å². The molecule has 164 valence electrons. The standard InChI is InChI=1S/C25H31N3O3/c1-27-17-14-22(15-18-27)31-21-12-10-20(11-13-21)26-24(29)23-9-5-6-16-28(23)25(30)19-7-3-2-4-8-19/h2-4,7-8,10-13,22-23H,5-6,9,14-18H2,1H3,(H,26,29). The van der Waals surface area contributed by atoms with Gasteiger partial charge in [0, 0.05) is 30.9 Å². The zero-order chi connectivity index (χ0) is 21.6. The predicted molar refractivity (Wildman–Crippen MR) is 121 cm³/mol. The topological polar surface area (TPSA) is 61.9 Å². The first-order valence-electron chi connectivity index (χ1n) is 11.2. The molecule has 0 saturated carbocycles. The number of ether oxygens (including phenoxy) is 1. The maximum Gasteiger partial charge on any atom is 0.254 e. The summed E-state index contributed by atoms with van der Waals surface area (Å²) in [7, 11) is 2.13. The van der Waals surface area contributed by atoms with Crippen LogP contribution in [0.25, 0.3) is 0 Å². The van der Waals surface area contributed by atoms with E-state index < -0.39 is 6.04 Å². The largest absolute Gasteiger partial charge is 0.490 e. The van der Waals surface area contributed by atoms with Crippen LogP contribution in [-0.4, -0.2) is 60.4 Å². The van der Waals surface area contributed by atoms with E-state index in [4.69, 9.17) is 4.74 Å². The molecule has 0 bridgehead atoms. The van der Waals surface area contributed by atoms with Crippen molar-refractivity contribution in [3.8, 4) is 5.75 Å². The summed E-state index contributed by atoms with van der Waals surface area (Å²) in [6.07, 6.45) is 4.85. The van der Waals surface area contributed by atoms with Crippen LogP contribution in [0, 0.1) is 0 Å². The SMILES string of the molecule is CN1CCC(Oc2ccc(NC(=O)C3CCCCN3C(=O)c3ccccc3)cc2)CC1. The van der Waals surface area contributed by atoms with Gasteiger partial charge in [-0.25, -0.2) is 0 Å². The van der Waals surface area contributed by atoms with Crippen LogP contribution in [-0.2, 0) is 4.79 Å².